The Morgan fingerprint density at radius 2 is 1.74 bits per heavy atom. The maximum Gasteiger partial charge on any atom is 0.339 e. The molecule has 0 amide bonds. The van der Waals surface area contributed by atoms with Crippen LogP contribution in [-0.4, -0.2) is 16.2 Å². The molecule has 1 rings (SSSR count). The number of hydrogen-bond acceptors (Lipinski definition) is 2. The molecule has 0 radical (unpaired) electrons. The number of carboxylic acid groups (broad SMARTS) is 1. The summed E-state index contributed by atoms with van der Waals surface area (Å²) in [7, 11) is 0. The highest BCUT2D eigenvalue weighted by atomic mass is 35.5. The summed E-state index contributed by atoms with van der Waals surface area (Å²) in [6.07, 6.45) is 0.875. The topological polar surface area (TPSA) is 57.5 Å². The van der Waals surface area contributed by atoms with Crippen LogP contribution in [0.15, 0.2) is 12.1 Å². The van der Waals surface area contributed by atoms with Gasteiger partial charge in [-0.15, -0.1) is 0 Å². The molecular weight excluding hydrogens is 264 g/mol. The zero-order valence-electron chi connectivity index (χ0n) is 12.0. The van der Waals surface area contributed by atoms with E-state index in [0.717, 1.165) is 12.0 Å². The average molecular weight is 285 g/mol. The van der Waals surface area contributed by atoms with E-state index in [4.69, 9.17) is 16.7 Å². The highest BCUT2D eigenvalue weighted by molar-refractivity contribution is 6.32. The van der Waals surface area contributed by atoms with E-state index in [1.165, 1.54) is 6.07 Å². The molecule has 0 aliphatic carbocycles. The van der Waals surface area contributed by atoms with Crippen molar-refractivity contribution < 1.29 is 15.0 Å². The maximum atomic E-state index is 11.1. The van der Waals surface area contributed by atoms with Crippen molar-refractivity contribution in [3.05, 3.63) is 28.3 Å². The van der Waals surface area contributed by atoms with Gasteiger partial charge in [-0.1, -0.05) is 46.2 Å². The zero-order chi connectivity index (χ0) is 15.0. The summed E-state index contributed by atoms with van der Waals surface area (Å²) in [6.45, 7) is 10.5. The maximum absolute atomic E-state index is 11.1. The van der Waals surface area contributed by atoms with Crippen molar-refractivity contribution >= 4 is 17.6 Å². The first kappa shape index (κ1) is 15.8. The molecule has 0 bridgehead atoms. The van der Waals surface area contributed by atoms with E-state index in [-0.39, 0.29) is 27.2 Å². The van der Waals surface area contributed by atoms with Gasteiger partial charge in [0.1, 0.15) is 11.3 Å². The van der Waals surface area contributed by atoms with Gasteiger partial charge < -0.3 is 10.2 Å². The van der Waals surface area contributed by atoms with Gasteiger partial charge in [-0.2, -0.15) is 0 Å². The summed E-state index contributed by atoms with van der Waals surface area (Å²) in [6, 6.07) is 3.16. The molecule has 1 aromatic rings. The molecule has 0 unspecified atom stereocenters. The van der Waals surface area contributed by atoms with Gasteiger partial charge >= 0.3 is 5.97 Å². The van der Waals surface area contributed by atoms with E-state index in [1.54, 1.807) is 6.07 Å². The first-order valence-electron chi connectivity index (χ1n) is 6.20. The highest BCUT2D eigenvalue weighted by Gasteiger charge is 2.29. The summed E-state index contributed by atoms with van der Waals surface area (Å²) in [5.74, 6) is -1.54. The van der Waals surface area contributed by atoms with Crippen molar-refractivity contribution in [2.75, 3.05) is 0 Å². The summed E-state index contributed by atoms with van der Waals surface area (Å²) in [4.78, 5) is 11.1. The van der Waals surface area contributed by atoms with Gasteiger partial charge in [0.25, 0.3) is 0 Å². The van der Waals surface area contributed by atoms with E-state index in [0.29, 0.717) is 0 Å². The van der Waals surface area contributed by atoms with Crippen LogP contribution >= 0.6 is 11.6 Å². The highest BCUT2D eigenvalue weighted by Crippen LogP contribution is 2.40. The molecule has 0 heterocycles. The van der Waals surface area contributed by atoms with Crippen molar-refractivity contribution in [3.8, 4) is 5.75 Å². The van der Waals surface area contributed by atoms with Crippen LogP contribution in [0, 0.1) is 5.41 Å². The third kappa shape index (κ3) is 3.87. The van der Waals surface area contributed by atoms with E-state index in [9.17, 15) is 9.90 Å². The van der Waals surface area contributed by atoms with Crippen molar-refractivity contribution in [1.29, 1.82) is 0 Å². The number of aromatic carboxylic acids is 1. The number of halogens is 1. The Morgan fingerprint density at radius 1 is 1.21 bits per heavy atom. The molecule has 0 saturated carbocycles. The third-order valence-electron chi connectivity index (χ3n) is 3.05. The summed E-state index contributed by atoms with van der Waals surface area (Å²) in [5.41, 5.74) is 0.559. The molecule has 0 saturated heterocycles. The lowest BCUT2D eigenvalue weighted by Gasteiger charge is -2.33. The Balaban J connectivity index is 3.32. The summed E-state index contributed by atoms with van der Waals surface area (Å²) in [5, 5.41) is 18.9. The zero-order valence-corrected chi connectivity index (χ0v) is 12.8. The second-order valence-electron chi connectivity index (χ2n) is 6.78. The van der Waals surface area contributed by atoms with Gasteiger partial charge in [0, 0.05) is 0 Å². The predicted octanol–water partition coefficient (Wildman–Crippen LogP) is 4.46. The van der Waals surface area contributed by atoms with Crippen LogP contribution in [0.1, 0.15) is 57.0 Å². The molecule has 0 fully saturated rings. The minimum atomic E-state index is -1.17. The lowest BCUT2D eigenvalue weighted by atomic mass is 9.72. The molecule has 0 aliphatic heterocycles. The Kier molecular flexibility index (Phi) is 4.20. The fourth-order valence-corrected chi connectivity index (χ4v) is 2.80. The minimum absolute atomic E-state index is 0.0804. The number of phenols is 1. The largest absolute Gasteiger partial charge is 0.505 e. The first-order chi connectivity index (χ1) is 8.44. The fraction of sp³-hybridized carbons (Fsp3) is 0.533. The van der Waals surface area contributed by atoms with Crippen LogP contribution < -0.4 is 0 Å². The standard InChI is InChI=1S/C15H21ClO3/c1-14(2,3)8-15(4,5)9-6-10(13(18)19)12(17)11(16)7-9/h6-7,17H,8H2,1-5H3,(H,18,19). The molecule has 4 heteroatoms. The second-order valence-corrected chi connectivity index (χ2v) is 7.19. The second kappa shape index (κ2) is 5.04. The smallest absolute Gasteiger partial charge is 0.339 e. The third-order valence-corrected chi connectivity index (χ3v) is 3.34. The molecule has 0 spiro atoms. The normalized spacial score (nSPS) is 12.5. The molecule has 0 aliphatic rings. The van der Waals surface area contributed by atoms with Crippen LogP contribution in [0.2, 0.25) is 5.02 Å². The van der Waals surface area contributed by atoms with Crippen LogP contribution in [-0.2, 0) is 5.41 Å². The van der Waals surface area contributed by atoms with Crippen LogP contribution in [0.25, 0.3) is 0 Å². The quantitative estimate of drug-likeness (QED) is 0.862. The molecule has 3 nitrogen and oxygen atoms in total. The van der Waals surface area contributed by atoms with Crippen LogP contribution in [0.5, 0.6) is 5.75 Å². The molecule has 1 aromatic carbocycles. The van der Waals surface area contributed by atoms with Gasteiger partial charge in [-0.05, 0) is 34.9 Å². The first-order valence-corrected chi connectivity index (χ1v) is 6.58. The van der Waals surface area contributed by atoms with E-state index >= 15 is 0 Å². The number of carboxylic acids is 1. The molecule has 0 aromatic heterocycles. The number of aromatic hydroxyl groups is 1. The van der Waals surface area contributed by atoms with Gasteiger partial charge in [-0.25, -0.2) is 4.79 Å². The summed E-state index contributed by atoms with van der Waals surface area (Å²) < 4.78 is 0. The van der Waals surface area contributed by atoms with Gasteiger partial charge in [-0.3, -0.25) is 0 Å². The monoisotopic (exact) mass is 284 g/mol. The Bertz CT molecular complexity index is 499. The van der Waals surface area contributed by atoms with Crippen LogP contribution in [0.4, 0.5) is 0 Å². The van der Waals surface area contributed by atoms with Crippen molar-refractivity contribution in [3.63, 3.8) is 0 Å². The number of hydrogen-bond donors (Lipinski definition) is 2. The Labute approximate surface area is 119 Å². The van der Waals surface area contributed by atoms with Crippen molar-refractivity contribution in [2.45, 2.75) is 46.5 Å². The molecular formula is C15H21ClO3. The van der Waals surface area contributed by atoms with E-state index in [2.05, 4.69) is 20.8 Å². The minimum Gasteiger partial charge on any atom is -0.505 e. The number of benzene rings is 1. The van der Waals surface area contributed by atoms with Crippen molar-refractivity contribution in [2.24, 2.45) is 5.41 Å². The molecule has 19 heavy (non-hydrogen) atoms. The van der Waals surface area contributed by atoms with Gasteiger partial charge in [0.05, 0.1) is 5.02 Å². The SMILES string of the molecule is CC(C)(C)CC(C)(C)c1cc(Cl)c(O)c(C(=O)O)c1. The average Bonchev–Trinajstić information content (AvgIpc) is 2.17. The van der Waals surface area contributed by atoms with E-state index in [1.807, 2.05) is 13.8 Å². The van der Waals surface area contributed by atoms with Crippen LogP contribution in [0.3, 0.4) is 0 Å². The molecule has 2 N–H and O–H groups in total. The molecule has 0 atom stereocenters. The van der Waals surface area contributed by atoms with Gasteiger partial charge in [0.15, 0.2) is 0 Å². The Morgan fingerprint density at radius 3 is 2.16 bits per heavy atom. The molecule has 106 valence electrons. The Hall–Kier alpha value is -1.22. The van der Waals surface area contributed by atoms with Gasteiger partial charge in [0.2, 0.25) is 0 Å². The number of rotatable bonds is 3. The lowest BCUT2D eigenvalue weighted by Crippen LogP contribution is -2.25. The lowest BCUT2D eigenvalue weighted by molar-refractivity contribution is 0.0693. The summed E-state index contributed by atoms with van der Waals surface area (Å²) >= 11 is 5.93. The van der Waals surface area contributed by atoms with E-state index < -0.39 is 5.97 Å². The fourth-order valence-electron chi connectivity index (χ4n) is 2.58. The number of carbonyl (C=O) groups is 1. The van der Waals surface area contributed by atoms with Crippen molar-refractivity contribution in [1.82, 2.24) is 0 Å². The predicted molar refractivity (Wildman–Crippen MR) is 77.2 cm³/mol.